The summed E-state index contributed by atoms with van der Waals surface area (Å²) in [6.07, 6.45) is 0.389. The van der Waals surface area contributed by atoms with Gasteiger partial charge in [0.1, 0.15) is 11.6 Å². The lowest BCUT2D eigenvalue weighted by Crippen LogP contribution is -2.51. The Morgan fingerprint density at radius 1 is 1.22 bits per heavy atom. The average Bonchev–Trinajstić information content (AvgIpc) is 2.27. The molecule has 2 N–H and O–H groups in total. The zero-order valence-electron chi connectivity index (χ0n) is 10.8. The second-order valence-corrected chi connectivity index (χ2v) is 4.66. The summed E-state index contributed by atoms with van der Waals surface area (Å²) < 4.78 is 25.8. The summed E-state index contributed by atoms with van der Waals surface area (Å²) in [7, 11) is 1.70. The van der Waals surface area contributed by atoms with E-state index in [9.17, 15) is 13.6 Å². The lowest BCUT2D eigenvalue weighted by Gasteiger charge is -2.22. The fourth-order valence-corrected chi connectivity index (χ4v) is 1.41. The number of hydrogen-bond acceptors (Lipinski definition) is 2. The van der Waals surface area contributed by atoms with E-state index in [0.717, 1.165) is 6.07 Å². The van der Waals surface area contributed by atoms with Crippen LogP contribution < -0.4 is 10.6 Å². The van der Waals surface area contributed by atoms with Crippen LogP contribution in [0.25, 0.3) is 0 Å². The van der Waals surface area contributed by atoms with Crippen molar-refractivity contribution < 1.29 is 13.6 Å². The minimum absolute atomic E-state index is 0.151. The quantitative estimate of drug-likeness (QED) is 0.840. The predicted octanol–water partition coefficient (Wildman–Crippen LogP) is 1.62. The molecule has 0 fully saturated rings. The van der Waals surface area contributed by atoms with Crippen LogP contribution in [-0.2, 0) is 11.2 Å². The summed E-state index contributed by atoms with van der Waals surface area (Å²) in [5, 5.41) is 5.59. The lowest BCUT2D eigenvalue weighted by atomic mass is 10.0. The molecule has 0 saturated heterocycles. The van der Waals surface area contributed by atoms with E-state index < -0.39 is 17.2 Å². The Morgan fingerprint density at radius 3 is 2.28 bits per heavy atom. The minimum Gasteiger partial charge on any atom is -0.354 e. The number of halogens is 2. The standard InChI is InChI=1S/C13H18F2N2O/c1-13(2,16-3)12(18)17-5-4-9-6-10(14)8-11(15)7-9/h6-8,16H,4-5H2,1-3H3,(H,17,18). The van der Waals surface area contributed by atoms with Crippen molar-refractivity contribution in [2.75, 3.05) is 13.6 Å². The summed E-state index contributed by atoms with van der Waals surface area (Å²) in [5.41, 5.74) is -0.136. The molecule has 1 rings (SSSR count). The molecule has 100 valence electrons. The summed E-state index contributed by atoms with van der Waals surface area (Å²) in [4.78, 5) is 11.7. The number of hydrogen-bond donors (Lipinski definition) is 2. The number of nitrogens with one attached hydrogen (secondary N) is 2. The molecule has 0 radical (unpaired) electrons. The van der Waals surface area contributed by atoms with E-state index in [4.69, 9.17) is 0 Å². The Hall–Kier alpha value is -1.49. The SMILES string of the molecule is CNC(C)(C)C(=O)NCCc1cc(F)cc(F)c1. The van der Waals surface area contributed by atoms with Crippen molar-refractivity contribution in [1.29, 1.82) is 0 Å². The Bertz CT molecular complexity index is 413. The van der Waals surface area contributed by atoms with Crippen LogP contribution in [0.4, 0.5) is 8.78 Å². The first-order chi connectivity index (χ1) is 8.35. The van der Waals surface area contributed by atoms with Gasteiger partial charge in [0.2, 0.25) is 5.91 Å². The molecule has 18 heavy (non-hydrogen) atoms. The lowest BCUT2D eigenvalue weighted by molar-refractivity contribution is -0.126. The van der Waals surface area contributed by atoms with Gasteiger partial charge in [-0.25, -0.2) is 8.78 Å². The molecule has 3 nitrogen and oxygen atoms in total. The van der Waals surface area contributed by atoms with Crippen molar-refractivity contribution in [1.82, 2.24) is 10.6 Å². The molecule has 5 heteroatoms. The number of carbonyl (C=O) groups excluding carboxylic acids is 1. The van der Waals surface area contributed by atoms with Gasteiger partial charge in [0.15, 0.2) is 0 Å². The highest BCUT2D eigenvalue weighted by Gasteiger charge is 2.24. The molecule has 1 aromatic carbocycles. The first kappa shape index (κ1) is 14.6. The molecule has 0 saturated carbocycles. The molecular formula is C13H18F2N2O. The molecule has 0 heterocycles. The van der Waals surface area contributed by atoms with Crippen LogP contribution in [0, 0.1) is 11.6 Å². The molecular weight excluding hydrogens is 238 g/mol. The Morgan fingerprint density at radius 2 is 1.78 bits per heavy atom. The summed E-state index contributed by atoms with van der Waals surface area (Å²) in [6, 6.07) is 3.35. The highest BCUT2D eigenvalue weighted by molar-refractivity contribution is 5.85. The van der Waals surface area contributed by atoms with Crippen molar-refractivity contribution in [3.8, 4) is 0 Å². The van der Waals surface area contributed by atoms with Crippen molar-refractivity contribution >= 4 is 5.91 Å². The van der Waals surface area contributed by atoms with Gasteiger partial charge in [-0.1, -0.05) is 0 Å². The molecule has 0 aromatic heterocycles. The predicted molar refractivity (Wildman–Crippen MR) is 66.2 cm³/mol. The maximum absolute atomic E-state index is 12.9. The van der Waals surface area contributed by atoms with Crippen LogP contribution in [0.1, 0.15) is 19.4 Å². The first-order valence-electron chi connectivity index (χ1n) is 5.77. The van der Waals surface area contributed by atoms with Gasteiger partial charge >= 0.3 is 0 Å². The van der Waals surface area contributed by atoms with Crippen LogP contribution in [0.3, 0.4) is 0 Å². The van der Waals surface area contributed by atoms with E-state index in [1.54, 1.807) is 20.9 Å². The third-order valence-electron chi connectivity index (χ3n) is 2.81. The Balaban J connectivity index is 2.49. The molecule has 0 aliphatic rings. The largest absolute Gasteiger partial charge is 0.354 e. The zero-order chi connectivity index (χ0) is 13.8. The van der Waals surface area contributed by atoms with Gasteiger partial charge in [0, 0.05) is 12.6 Å². The van der Waals surface area contributed by atoms with Gasteiger partial charge in [0.25, 0.3) is 0 Å². The molecule has 0 spiro atoms. The van der Waals surface area contributed by atoms with Gasteiger partial charge in [-0.05, 0) is 45.0 Å². The second kappa shape index (κ2) is 5.91. The number of benzene rings is 1. The van der Waals surface area contributed by atoms with Crippen LogP contribution in [0.2, 0.25) is 0 Å². The molecule has 1 amide bonds. The summed E-state index contributed by atoms with van der Waals surface area (Å²) >= 11 is 0. The van der Waals surface area contributed by atoms with Crippen LogP contribution in [-0.4, -0.2) is 25.0 Å². The molecule has 0 aliphatic carbocycles. The topological polar surface area (TPSA) is 41.1 Å². The molecule has 0 unspecified atom stereocenters. The molecule has 0 aliphatic heterocycles. The average molecular weight is 256 g/mol. The van der Waals surface area contributed by atoms with Gasteiger partial charge in [-0.3, -0.25) is 4.79 Å². The maximum atomic E-state index is 12.9. The number of amides is 1. The van der Waals surface area contributed by atoms with Crippen LogP contribution in [0.5, 0.6) is 0 Å². The van der Waals surface area contributed by atoms with Gasteiger partial charge in [-0.15, -0.1) is 0 Å². The smallest absolute Gasteiger partial charge is 0.239 e. The summed E-state index contributed by atoms with van der Waals surface area (Å²) in [5.74, 6) is -1.36. The third-order valence-corrected chi connectivity index (χ3v) is 2.81. The van der Waals surface area contributed by atoms with E-state index in [0.29, 0.717) is 18.5 Å². The molecule has 0 atom stereocenters. The fraction of sp³-hybridized carbons (Fsp3) is 0.462. The van der Waals surface area contributed by atoms with E-state index in [2.05, 4.69) is 10.6 Å². The van der Waals surface area contributed by atoms with Crippen molar-refractivity contribution in [3.05, 3.63) is 35.4 Å². The Labute approximate surface area is 106 Å². The van der Waals surface area contributed by atoms with E-state index >= 15 is 0 Å². The number of likely N-dealkylation sites (N-methyl/N-ethyl adjacent to an activating group) is 1. The van der Waals surface area contributed by atoms with Crippen molar-refractivity contribution in [2.24, 2.45) is 0 Å². The van der Waals surface area contributed by atoms with E-state index in [1.165, 1.54) is 12.1 Å². The molecule has 1 aromatic rings. The van der Waals surface area contributed by atoms with Crippen LogP contribution in [0.15, 0.2) is 18.2 Å². The van der Waals surface area contributed by atoms with Crippen molar-refractivity contribution in [2.45, 2.75) is 25.8 Å². The Kier molecular flexibility index (Phi) is 4.78. The number of rotatable bonds is 5. The highest BCUT2D eigenvalue weighted by atomic mass is 19.1. The van der Waals surface area contributed by atoms with Gasteiger partial charge in [0.05, 0.1) is 5.54 Å². The van der Waals surface area contributed by atoms with Crippen LogP contribution >= 0.6 is 0 Å². The zero-order valence-corrected chi connectivity index (χ0v) is 10.8. The second-order valence-electron chi connectivity index (χ2n) is 4.66. The monoisotopic (exact) mass is 256 g/mol. The van der Waals surface area contributed by atoms with Gasteiger partial charge in [-0.2, -0.15) is 0 Å². The third kappa shape index (κ3) is 4.07. The fourth-order valence-electron chi connectivity index (χ4n) is 1.41. The highest BCUT2D eigenvalue weighted by Crippen LogP contribution is 2.08. The van der Waals surface area contributed by atoms with E-state index in [-0.39, 0.29) is 5.91 Å². The van der Waals surface area contributed by atoms with E-state index in [1.807, 2.05) is 0 Å². The number of carbonyl (C=O) groups is 1. The normalized spacial score (nSPS) is 11.4. The maximum Gasteiger partial charge on any atom is 0.239 e. The minimum atomic E-state index is -0.660. The summed E-state index contributed by atoms with van der Waals surface area (Å²) in [6.45, 7) is 3.85. The van der Waals surface area contributed by atoms with Crippen molar-refractivity contribution in [3.63, 3.8) is 0 Å². The van der Waals surface area contributed by atoms with Gasteiger partial charge < -0.3 is 10.6 Å². The molecule has 0 bridgehead atoms. The first-order valence-corrected chi connectivity index (χ1v) is 5.77.